The topological polar surface area (TPSA) is 26.0 Å². The van der Waals surface area contributed by atoms with E-state index in [2.05, 4.69) is 22.6 Å². The molecule has 1 unspecified atom stereocenters. The first-order valence-corrected chi connectivity index (χ1v) is 5.37. The van der Waals surface area contributed by atoms with Crippen LogP contribution < -0.4 is 5.73 Å². The van der Waals surface area contributed by atoms with Crippen LogP contribution in [0.15, 0.2) is 18.2 Å². The van der Waals surface area contributed by atoms with E-state index in [0.717, 1.165) is 22.0 Å². The molecule has 1 nitrogen and oxygen atoms in total. The van der Waals surface area contributed by atoms with Gasteiger partial charge in [-0.25, -0.2) is 4.39 Å². The number of hydrogen-bond donors (Lipinski definition) is 1. The highest BCUT2D eigenvalue weighted by Gasteiger charge is 2.03. The van der Waals surface area contributed by atoms with Gasteiger partial charge >= 0.3 is 0 Å². The second-order valence-corrected chi connectivity index (χ2v) is 4.50. The maximum atomic E-state index is 13.3. The number of halogens is 2. The molecule has 1 aromatic carbocycles. The van der Waals surface area contributed by atoms with Gasteiger partial charge in [0.25, 0.3) is 0 Å². The van der Waals surface area contributed by atoms with Crippen LogP contribution in [0, 0.1) is 9.39 Å². The van der Waals surface area contributed by atoms with Crippen molar-refractivity contribution < 1.29 is 4.39 Å². The van der Waals surface area contributed by atoms with Gasteiger partial charge in [0.15, 0.2) is 0 Å². The Morgan fingerprint density at radius 3 is 2.77 bits per heavy atom. The maximum absolute atomic E-state index is 13.3. The molecule has 13 heavy (non-hydrogen) atoms. The summed E-state index contributed by atoms with van der Waals surface area (Å²) in [5, 5.41) is 0. The van der Waals surface area contributed by atoms with E-state index in [9.17, 15) is 4.39 Å². The lowest BCUT2D eigenvalue weighted by atomic mass is 10.1. The van der Waals surface area contributed by atoms with Gasteiger partial charge in [0, 0.05) is 9.61 Å². The lowest BCUT2D eigenvalue weighted by Gasteiger charge is -2.06. The minimum atomic E-state index is -0.118. The van der Waals surface area contributed by atoms with E-state index in [1.54, 1.807) is 6.07 Å². The van der Waals surface area contributed by atoms with Gasteiger partial charge in [-0.2, -0.15) is 0 Å². The van der Waals surface area contributed by atoms with Crippen molar-refractivity contribution in [3.63, 3.8) is 0 Å². The molecule has 0 saturated carbocycles. The Balaban J connectivity index is 2.67. The summed E-state index contributed by atoms with van der Waals surface area (Å²) < 4.78 is 14.2. The van der Waals surface area contributed by atoms with Crippen molar-refractivity contribution in [3.8, 4) is 0 Å². The third-order valence-corrected chi connectivity index (χ3v) is 2.56. The van der Waals surface area contributed by atoms with Crippen LogP contribution in [-0.2, 0) is 6.42 Å². The van der Waals surface area contributed by atoms with Crippen molar-refractivity contribution in [1.82, 2.24) is 0 Å². The Labute approximate surface area is 91.7 Å². The molecule has 1 aromatic rings. The first-order chi connectivity index (χ1) is 6.09. The summed E-state index contributed by atoms with van der Waals surface area (Å²) in [7, 11) is 0. The van der Waals surface area contributed by atoms with Crippen LogP contribution in [-0.4, -0.2) is 6.04 Å². The largest absolute Gasteiger partial charge is 0.328 e. The quantitative estimate of drug-likeness (QED) is 0.852. The second-order valence-electron chi connectivity index (χ2n) is 3.25. The minimum absolute atomic E-state index is 0.118. The lowest BCUT2D eigenvalue weighted by Crippen LogP contribution is -2.15. The Bertz CT molecular complexity index is 286. The van der Waals surface area contributed by atoms with Gasteiger partial charge in [-0.1, -0.05) is 6.07 Å². The van der Waals surface area contributed by atoms with Gasteiger partial charge < -0.3 is 5.73 Å². The van der Waals surface area contributed by atoms with Gasteiger partial charge in [-0.05, 0) is 60.1 Å². The molecule has 72 valence electrons. The zero-order valence-electron chi connectivity index (χ0n) is 7.56. The summed E-state index contributed by atoms with van der Waals surface area (Å²) in [5.41, 5.74) is 6.36. The van der Waals surface area contributed by atoms with E-state index < -0.39 is 0 Å². The van der Waals surface area contributed by atoms with Crippen molar-refractivity contribution in [2.75, 3.05) is 0 Å². The zero-order chi connectivity index (χ0) is 9.84. The van der Waals surface area contributed by atoms with Gasteiger partial charge in [0.1, 0.15) is 5.82 Å². The fourth-order valence-electron chi connectivity index (χ4n) is 1.11. The van der Waals surface area contributed by atoms with Gasteiger partial charge in [0.2, 0.25) is 0 Å². The van der Waals surface area contributed by atoms with Crippen molar-refractivity contribution in [2.45, 2.75) is 25.8 Å². The lowest BCUT2D eigenvalue weighted by molar-refractivity contribution is 0.590. The summed E-state index contributed by atoms with van der Waals surface area (Å²) in [6, 6.07) is 5.44. The molecular formula is C10H13FIN. The number of hydrogen-bond acceptors (Lipinski definition) is 1. The molecule has 1 rings (SSSR count). The Morgan fingerprint density at radius 2 is 2.23 bits per heavy atom. The first-order valence-electron chi connectivity index (χ1n) is 4.29. The average Bonchev–Trinajstić information content (AvgIpc) is 2.02. The van der Waals surface area contributed by atoms with E-state index in [1.165, 1.54) is 0 Å². The van der Waals surface area contributed by atoms with Crippen molar-refractivity contribution >= 4 is 22.6 Å². The second kappa shape index (κ2) is 4.91. The molecule has 3 heteroatoms. The number of benzene rings is 1. The molecule has 1 atom stereocenters. The highest BCUT2D eigenvalue weighted by molar-refractivity contribution is 14.1. The minimum Gasteiger partial charge on any atom is -0.328 e. The van der Waals surface area contributed by atoms with Crippen LogP contribution in [0.3, 0.4) is 0 Å². The number of rotatable bonds is 3. The third kappa shape index (κ3) is 3.60. The van der Waals surface area contributed by atoms with Crippen LogP contribution in [0.5, 0.6) is 0 Å². The molecule has 0 saturated heterocycles. The first kappa shape index (κ1) is 10.9. The fourth-order valence-corrected chi connectivity index (χ4v) is 1.56. The molecule has 0 bridgehead atoms. The molecule has 0 amide bonds. The van der Waals surface area contributed by atoms with Crippen molar-refractivity contribution in [1.29, 1.82) is 0 Å². The van der Waals surface area contributed by atoms with E-state index >= 15 is 0 Å². The van der Waals surface area contributed by atoms with Crippen LogP contribution in [0.4, 0.5) is 4.39 Å². The van der Waals surface area contributed by atoms with Crippen LogP contribution in [0.1, 0.15) is 18.9 Å². The molecule has 0 radical (unpaired) electrons. The van der Waals surface area contributed by atoms with Crippen LogP contribution in [0.2, 0.25) is 0 Å². The van der Waals surface area contributed by atoms with E-state index in [4.69, 9.17) is 5.73 Å². The van der Waals surface area contributed by atoms with Crippen molar-refractivity contribution in [3.05, 3.63) is 33.1 Å². The van der Waals surface area contributed by atoms with Gasteiger partial charge in [0.05, 0.1) is 0 Å². The molecule has 0 aliphatic rings. The standard InChI is InChI=1S/C10H13FIN/c1-7(13)2-3-8-4-5-9(12)6-10(8)11/h4-7H,2-3,13H2,1H3. The molecule has 2 N–H and O–H groups in total. The molecule has 0 spiro atoms. The Hall–Kier alpha value is -0.160. The maximum Gasteiger partial charge on any atom is 0.127 e. The fraction of sp³-hybridized carbons (Fsp3) is 0.400. The predicted octanol–water partition coefficient (Wildman–Crippen LogP) is 2.71. The normalized spacial score (nSPS) is 12.9. The van der Waals surface area contributed by atoms with E-state index in [-0.39, 0.29) is 11.9 Å². The molecular weight excluding hydrogens is 280 g/mol. The van der Waals surface area contributed by atoms with Gasteiger partial charge in [-0.15, -0.1) is 0 Å². The number of aryl methyl sites for hydroxylation is 1. The molecule has 0 aromatic heterocycles. The monoisotopic (exact) mass is 293 g/mol. The number of nitrogens with two attached hydrogens (primary N) is 1. The van der Waals surface area contributed by atoms with Crippen LogP contribution in [0.25, 0.3) is 0 Å². The highest BCUT2D eigenvalue weighted by atomic mass is 127. The Kier molecular flexibility index (Phi) is 4.12. The van der Waals surface area contributed by atoms with E-state index in [0.29, 0.717) is 0 Å². The van der Waals surface area contributed by atoms with E-state index in [1.807, 2.05) is 19.1 Å². The zero-order valence-corrected chi connectivity index (χ0v) is 9.71. The highest BCUT2D eigenvalue weighted by Crippen LogP contribution is 2.14. The molecule has 0 heterocycles. The van der Waals surface area contributed by atoms with Crippen LogP contribution >= 0.6 is 22.6 Å². The Morgan fingerprint density at radius 1 is 1.54 bits per heavy atom. The summed E-state index contributed by atoms with van der Waals surface area (Å²) in [4.78, 5) is 0. The van der Waals surface area contributed by atoms with Gasteiger partial charge in [-0.3, -0.25) is 0 Å². The SMILES string of the molecule is CC(N)CCc1ccc(I)cc1F. The molecule has 0 fully saturated rings. The molecule has 0 aliphatic carbocycles. The summed E-state index contributed by atoms with van der Waals surface area (Å²) >= 11 is 2.10. The predicted molar refractivity (Wildman–Crippen MR) is 61.1 cm³/mol. The summed E-state index contributed by atoms with van der Waals surface area (Å²) in [5.74, 6) is -0.118. The average molecular weight is 293 g/mol. The summed E-state index contributed by atoms with van der Waals surface area (Å²) in [6.07, 6.45) is 1.55. The third-order valence-electron chi connectivity index (χ3n) is 1.88. The molecule has 0 aliphatic heterocycles. The summed E-state index contributed by atoms with van der Waals surface area (Å²) in [6.45, 7) is 1.94. The van der Waals surface area contributed by atoms with Crippen molar-refractivity contribution in [2.24, 2.45) is 5.73 Å². The smallest absolute Gasteiger partial charge is 0.127 e.